The number of nitrogens with zero attached hydrogens (tertiary/aromatic N) is 2. The minimum atomic E-state index is -0.477. The molecular formula is C11H10N4O2S. The van der Waals surface area contributed by atoms with Crippen LogP contribution in [0.25, 0.3) is 11.3 Å². The number of ether oxygens (including phenoxy) is 1. The lowest BCUT2D eigenvalue weighted by molar-refractivity contribution is -0.122. The summed E-state index contributed by atoms with van der Waals surface area (Å²) in [6.45, 7) is 1.70. The molecule has 1 unspecified atom stereocenters. The van der Waals surface area contributed by atoms with E-state index in [1.54, 1.807) is 19.1 Å². The van der Waals surface area contributed by atoms with E-state index in [4.69, 9.17) is 10.5 Å². The second kappa shape index (κ2) is 3.95. The fourth-order valence-electron chi connectivity index (χ4n) is 1.75. The van der Waals surface area contributed by atoms with Gasteiger partial charge >= 0.3 is 0 Å². The minimum absolute atomic E-state index is 0.163. The van der Waals surface area contributed by atoms with Gasteiger partial charge in [-0.1, -0.05) is 0 Å². The molecule has 92 valence electrons. The van der Waals surface area contributed by atoms with Crippen molar-refractivity contribution in [1.29, 1.82) is 0 Å². The van der Waals surface area contributed by atoms with Gasteiger partial charge in [0.2, 0.25) is 0 Å². The van der Waals surface area contributed by atoms with Crippen molar-refractivity contribution < 1.29 is 9.53 Å². The third-order valence-electron chi connectivity index (χ3n) is 2.70. The van der Waals surface area contributed by atoms with Crippen LogP contribution < -0.4 is 15.8 Å². The molecule has 0 saturated heterocycles. The van der Waals surface area contributed by atoms with Gasteiger partial charge in [-0.15, -0.1) is 0 Å². The van der Waals surface area contributed by atoms with Crippen LogP contribution >= 0.6 is 11.7 Å². The summed E-state index contributed by atoms with van der Waals surface area (Å²) in [5.41, 5.74) is 7.77. The van der Waals surface area contributed by atoms with Crippen LogP contribution in [0.4, 0.5) is 11.5 Å². The van der Waals surface area contributed by atoms with E-state index in [1.807, 2.05) is 6.07 Å². The van der Waals surface area contributed by atoms with Crippen LogP contribution in [0, 0.1) is 0 Å². The zero-order valence-electron chi connectivity index (χ0n) is 9.51. The molecule has 6 nitrogen and oxygen atoms in total. The summed E-state index contributed by atoms with van der Waals surface area (Å²) in [5.74, 6) is 0.869. The van der Waals surface area contributed by atoms with Crippen LogP contribution in [0.2, 0.25) is 0 Å². The number of fused-ring (bicyclic) bond motifs is 1. The Morgan fingerprint density at radius 3 is 3.00 bits per heavy atom. The average molecular weight is 262 g/mol. The molecule has 1 amide bonds. The Hall–Kier alpha value is -2.15. The van der Waals surface area contributed by atoms with Gasteiger partial charge < -0.3 is 15.8 Å². The fraction of sp³-hybridized carbons (Fsp3) is 0.182. The van der Waals surface area contributed by atoms with Gasteiger partial charge in [0.15, 0.2) is 11.9 Å². The van der Waals surface area contributed by atoms with Crippen LogP contribution in [-0.2, 0) is 4.79 Å². The Balaban J connectivity index is 2.04. The molecule has 0 radical (unpaired) electrons. The topological polar surface area (TPSA) is 90.1 Å². The van der Waals surface area contributed by atoms with Crippen molar-refractivity contribution >= 4 is 29.1 Å². The van der Waals surface area contributed by atoms with Crippen LogP contribution in [-0.4, -0.2) is 20.8 Å². The van der Waals surface area contributed by atoms with Crippen molar-refractivity contribution in [1.82, 2.24) is 8.75 Å². The van der Waals surface area contributed by atoms with E-state index in [0.29, 0.717) is 22.9 Å². The summed E-state index contributed by atoms with van der Waals surface area (Å²) in [4.78, 5) is 11.5. The van der Waals surface area contributed by atoms with Crippen molar-refractivity contribution in [3.05, 3.63) is 18.2 Å². The van der Waals surface area contributed by atoms with E-state index in [-0.39, 0.29) is 5.91 Å². The lowest BCUT2D eigenvalue weighted by Crippen LogP contribution is -2.34. The second-order valence-corrected chi connectivity index (χ2v) is 4.49. The normalized spacial score (nSPS) is 17.8. The Kier molecular flexibility index (Phi) is 2.41. The number of carbonyl (C=O) groups excluding carboxylic acids is 1. The predicted octanol–water partition coefficient (Wildman–Crippen LogP) is 1.51. The SMILES string of the molecule is CC1Oc2ccc(-c3nsnc3N)cc2NC1=O. The third kappa shape index (κ3) is 1.68. The van der Waals surface area contributed by atoms with Gasteiger partial charge in [0, 0.05) is 5.56 Å². The van der Waals surface area contributed by atoms with Gasteiger partial charge in [-0.05, 0) is 25.1 Å². The van der Waals surface area contributed by atoms with Crippen LogP contribution in [0.15, 0.2) is 18.2 Å². The first kappa shape index (κ1) is 11.0. The first-order chi connectivity index (χ1) is 8.65. The number of nitrogen functional groups attached to an aromatic ring is 1. The Morgan fingerprint density at radius 1 is 1.44 bits per heavy atom. The van der Waals surface area contributed by atoms with E-state index in [2.05, 4.69) is 14.1 Å². The highest BCUT2D eigenvalue weighted by Gasteiger charge is 2.24. The fourth-order valence-corrected chi connectivity index (χ4v) is 2.25. The summed E-state index contributed by atoms with van der Waals surface area (Å²) in [6.07, 6.45) is -0.477. The van der Waals surface area contributed by atoms with E-state index in [0.717, 1.165) is 17.3 Å². The number of rotatable bonds is 1. The summed E-state index contributed by atoms with van der Waals surface area (Å²) in [5, 5.41) is 2.78. The number of hydrogen-bond acceptors (Lipinski definition) is 6. The van der Waals surface area contributed by atoms with Gasteiger partial charge in [0.05, 0.1) is 17.4 Å². The highest BCUT2D eigenvalue weighted by Crippen LogP contribution is 2.34. The molecule has 2 heterocycles. The standard InChI is InChI=1S/C11H10N4O2S/c1-5-11(16)13-7-4-6(2-3-8(7)17-5)9-10(12)15-18-14-9/h2-5H,1H3,(H2,12,15)(H,13,16). The molecule has 1 atom stereocenters. The molecule has 0 aliphatic carbocycles. The van der Waals surface area contributed by atoms with Crippen molar-refractivity contribution in [2.75, 3.05) is 11.1 Å². The number of amides is 1. The molecule has 18 heavy (non-hydrogen) atoms. The quantitative estimate of drug-likeness (QED) is 0.813. The lowest BCUT2D eigenvalue weighted by atomic mass is 10.1. The molecule has 3 rings (SSSR count). The molecule has 3 N–H and O–H groups in total. The lowest BCUT2D eigenvalue weighted by Gasteiger charge is -2.23. The molecule has 1 aromatic carbocycles. The van der Waals surface area contributed by atoms with E-state index in [1.165, 1.54) is 0 Å². The number of hydrogen-bond donors (Lipinski definition) is 2. The molecule has 0 bridgehead atoms. The number of nitrogens with one attached hydrogen (secondary N) is 1. The number of anilines is 2. The maximum atomic E-state index is 11.5. The third-order valence-corrected chi connectivity index (χ3v) is 3.24. The van der Waals surface area contributed by atoms with E-state index in [9.17, 15) is 4.79 Å². The van der Waals surface area contributed by atoms with Crippen molar-refractivity contribution in [3.8, 4) is 17.0 Å². The minimum Gasteiger partial charge on any atom is -0.479 e. The highest BCUT2D eigenvalue weighted by atomic mass is 32.1. The molecule has 0 fully saturated rings. The Morgan fingerprint density at radius 2 is 2.28 bits per heavy atom. The summed E-state index contributed by atoms with van der Waals surface area (Å²) < 4.78 is 13.5. The number of carbonyl (C=O) groups is 1. The van der Waals surface area contributed by atoms with Crippen molar-refractivity contribution in [2.24, 2.45) is 0 Å². The highest BCUT2D eigenvalue weighted by molar-refractivity contribution is 6.99. The van der Waals surface area contributed by atoms with Crippen molar-refractivity contribution in [2.45, 2.75) is 13.0 Å². The summed E-state index contributed by atoms with van der Waals surface area (Å²) in [6, 6.07) is 5.42. The first-order valence-electron chi connectivity index (χ1n) is 5.35. The average Bonchev–Trinajstić information content (AvgIpc) is 2.76. The van der Waals surface area contributed by atoms with Gasteiger partial charge in [-0.3, -0.25) is 4.79 Å². The van der Waals surface area contributed by atoms with Gasteiger partial charge in [0.25, 0.3) is 5.91 Å². The number of benzene rings is 1. The number of aromatic nitrogens is 2. The molecular weight excluding hydrogens is 252 g/mol. The maximum absolute atomic E-state index is 11.5. The zero-order valence-corrected chi connectivity index (χ0v) is 10.3. The Bertz CT molecular complexity index is 625. The Labute approximate surface area is 107 Å². The molecule has 0 spiro atoms. The molecule has 2 aromatic rings. The zero-order chi connectivity index (χ0) is 12.7. The van der Waals surface area contributed by atoms with Gasteiger partial charge in [0.1, 0.15) is 11.4 Å². The van der Waals surface area contributed by atoms with E-state index < -0.39 is 6.10 Å². The molecule has 1 aromatic heterocycles. The summed E-state index contributed by atoms with van der Waals surface area (Å²) >= 11 is 1.06. The monoisotopic (exact) mass is 262 g/mol. The molecule has 1 aliphatic heterocycles. The van der Waals surface area contributed by atoms with Gasteiger partial charge in [-0.25, -0.2) is 0 Å². The first-order valence-corrected chi connectivity index (χ1v) is 6.08. The second-order valence-electron chi connectivity index (χ2n) is 3.96. The van der Waals surface area contributed by atoms with Crippen LogP contribution in [0.5, 0.6) is 5.75 Å². The smallest absolute Gasteiger partial charge is 0.265 e. The van der Waals surface area contributed by atoms with E-state index >= 15 is 0 Å². The van der Waals surface area contributed by atoms with Crippen molar-refractivity contribution in [3.63, 3.8) is 0 Å². The van der Waals surface area contributed by atoms with Gasteiger partial charge in [-0.2, -0.15) is 8.75 Å². The predicted molar refractivity (Wildman–Crippen MR) is 68.5 cm³/mol. The summed E-state index contributed by atoms with van der Waals surface area (Å²) in [7, 11) is 0. The van der Waals surface area contributed by atoms with Crippen LogP contribution in [0.3, 0.4) is 0 Å². The number of nitrogens with two attached hydrogens (primary N) is 1. The van der Waals surface area contributed by atoms with Crippen LogP contribution in [0.1, 0.15) is 6.92 Å². The molecule has 7 heteroatoms. The molecule has 1 aliphatic rings. The largest absolute Gasteiger partial charge is 0.479 e. The maximum Gasteiger partial charge on any atom is 0.265 e. The molecule has 0 saturated carbocycles.